The van der Waals surface area contributed by atoms with Crippen LogP contribution in [0.25, 0.3) is 0 Å². The van der Waals surface area contributed by atoms with Gasteiger partial charge in [0.15, 0.2) is 5.12 Å². The van der Waals surface area contributed by atoms with Gasteiger partial charge in [0.05, 0.1) is 25.4 Å². The molecule has 12 nitrogen and oxygen atoms in total. The first kappa shape index (κ1) is 31.3. The first-order valence-electron chi connectivity index (χ1n) is 11.3. The highest BCUT2D eigenvalue weighted by Gasteiger charge is 2.32. The molecule has 2 amide bonds. The fraction of sp³-hybridized carbons (Fsp3) is 0.714. The number of esters is 1. The van der Waals surface area contributed by atoms with Crippen LogP contribution in [-0.4, -0.2) is 79.3 Å². The summed E-state index contributed by atoms with van der Waals surface area (Å²) in [5.41, 5.74) is 0. The number of carbonyl (C=O) groups is 4. The zero-order valence-corrected chi connectivity index (χ0v) is 22.5. The summed E-state index contributed by atoms with van der Waals surface area (Å²) in [4.78, 5) is 46.9. The molecular weight excluding hydrogens is 501 g/mol. The second kappa shape index (κ2) is 16.1. The van der Waals surface area contributed by atoms with Crippen molar-refractivity contribution in [2.75, 3.05) is 32.6 Å². The van der Waals surface area contributed by atoms with Crippen molar-refractivity contribution in [1.29, 1.82) is 0 Å². The molecule has 200 valence electrons. The van der Waals surface area contributed by atoms with Crippen molar-refractivity contribution in [3.63, 3.8) is 0 Å². The van der Waals surface area contributed by atoms with Gasteiger partial charge in [-0.05, 0) is 26.7 Å². The number of amides is 2. The summed E-state index contributed by atoms with van der Waals surface area (Å²) in [6.07, 6.45) is 3.11. The molecule has 1 rings (SSSR count). The molecule has 1 saturated heterocycles. The normalized spacial score (nSPS) is 19.6. The van der Waals surface area contributed by atoms with Crippen LogP contribution >= 0.6 is 19.5 Å². The molecular formula is C21H36N3O9PS. The van der Waals surface area contributed by atoms with Gasteiger partial charge in [0.2, 0.25) is 6.41 Å². The van der Waals surface area contributed by atoms with Gasteiger partial charge in [0.1, 0.15) is 12.8 Å². The smallest absolute Gasteiger partial charge is 0.406 e. The van der Waals surface area contributed by atoms with E-state index in [-0.39, 0.29) is 48.9 Å². The van der Waals surface area contributed by atoms with Crippen LogP contribution in [0.4, 0.5) is 0 Å². The van der Waals surface area contributed by atoms with E-state index >= 15 is 0 Å². The fourth-order valence-electron chi connectivity index (χ4n) is 2.74. The highest BCUT2D eigenvalue weighted by molar-refractivity contribution is 8.13. The van der Waals surface area contributed by atoms with Crippen molar-refractivity contribution < 1.29 is 42.3 Å². The van der Waals surface area contributed by atoms with Gasteiger partial charge in [-0.2, -0.15) is 0 Å². The molecule has 1 aliphatic heterocycles. The second-order valence-corrected chi connectivity index (χ2v) is 11.1. The summed E-state index contributed by atoms with van der Waals surface area (Å²) in [5.74, 6) is -1.02. The van der Waals surface area contributed by atoms with E-state index in [1.54, 1.807) is 39.6 Å². The van der Waals surface area contributed by atoms with Crippen LogP contribution in [0.5, 0.6) is 0 Å². The Morgan fingerprint density at radius 1 is 1.20 bits per heavy atom. The first-order chi connectivity index (χ1) is 16.5. The molecule has 1 heterocycles. The maximum absolute atomic E-state index is 13.2. The molecule has 0 aromatic carbocycles. The second-order valence-electron chi connectivity index (χ2n) is 8.22. The predicted octanol–water partition coefficient (Wildman–Crippen LogP) is 1.81. The van der Waals surface area contributed by atoms with Crippen LogP contribution in [0.15, 0.2) is 12.3 Å². The summed E-state index contributed by atoms with van der Waals surface area (Å²) < 4.78 is 35.1. The van der Waals surface area contributed by atoms with Crippen molar-refractivity contribution in [2.24, 2.45) is 5.92 Å². The van der Waals surface area contributed by atoms with Crippen LogP contribution in [0.2, 0.25) is 0 Å². The van der Waals surface area contributed by atoms with Crippen molar-refractivity contribution in [3.8, 4) is 0 Å². The zero-order chi connectivity index (χ0) is 26.4. The van der Waals surface area contributed by atoms with Crippen molar-refractivity contribution >= 4 is 42.9 Å². The molecule has 0 radical (unpaired) electrons. The van der Waals surface area contributed by atoms with E-state index in [1.807, 2.05) is 5.32 Å². The highest BCUT2D eigenvalue weighted by atomic mass is 32.2. The molecule has 1 aliphatic rings. The minimum atomic E-state index is -3.90. The lowest BCUT2D eigenvalue weighted by Gasteiger charge is -2.24. The number of nitrogens with one attached hydrogen (secondary N) is 2. The summed E-state index contributed by atoms with van der Waals surface area (Å²) in [7, 11) is -2.19. The van der Waals surface area contributed by atoms with Crippen molar-refractivity contribution in [3.05, 3.63) is 12.3 Å². The number of thioether (sulfide) groups is 1. The van der Waals surface area contributed by atoms with Crippen LogP contribution in [0.1, 0.15) is 40.5 Å². The number of rotatable bonds is 16. The lowest BCUT2D eigenvalue weighted by Crippen LogP contribution is -2.30. The van der Waals surface area contributed by atoms with E-state index in [0.717, 1.165) is 11.8 Å². The topological polar surface area (TPSA) is 150 Å². The molecule has 0 bridgehead atoms. The third kappa shape index (κ3) is 13.2. The lowest BCUT2D eigenvalue weighted by molar-refractivity contribution is -0.146. The Morgan fingerprint density at radius 3 is 2.54 bits per heavy atom. The van der Waals surface area contributed by atoms with Crippen LogP contribution in [0.3, 0.4) is 0 Å². The fourth-order valence-corrected chi connectivity index (χ4v) is 4.84. The third-order valence-corrected chi connectivity index (χ3v) is 7.16. The molecule has 2 N–H and O–H groups in total. The minimum Gasteiger partial charge on any atom is -0.462 e. The van der Waals surface area contributed by atoms with Gasteiger partial charge in [-0.1, -0.05) is 25.6 Å². The number of hydrogen-bond donors (Lipinski definition) is 2. The van der Waals surface area contributed by atoms with E-state index in [4.69, 9.17) is 18.5 Å². The monoisotopic (exact) mass is 537 g/mol. The maximum atomic E-state index is 13.2. The summed E-state index contributed by atoms with van der Waals surface area (Å²) in [6, 6.07) is 0. The zero-order valence-electron chi connectivity index (χ0n) is 20.8. The molecule has 0 saturated carbocycles. The Labute approximate surface area is 210 Å². The number of imide groups is 1. The molecule has 3 atom stereocenters. The molecule has 14 heteroatoms. The molecule has 0 aromatic rings. The summed E-state index contributed by atoms with van der Waals surface area (Å²) >= 11 is 1.07. The quantitative estimate of drug-likeness (QED) is 0.0972. The molecule has 0 aliphatic carbocycles. The largest absolute Gasteiger partial charge is 0.462 e. The van der Waals surface area contributed by atoms with Gasteiger partial charge >= 0.3 is 13.7 Å². The van der Waals surface area contributed by atoms with Gasteiger partial charge in [-0.25, -0.2) is 9.65 Å². The standard InChI is InChI=1S/C21H36N3O9PS/c1-15(2)21(28)35-11-10-30-34(29,23-12-20(27)32-16(3)4)31-13-17-6-7-19(33-17)24(5)9-8-18(26)22-14-25/h8-9,14-17,19H,6-7,10-13H2,1-5H3,(H,23,29)(H,22,25,26)/b9-8-. The van der Waals surface area contributed by atoms with E-state index in [1.165, 1.54) is 12.3 Å². The molecule has 3 unspecified atom stereocenters. The Kier molecular flexibility index (Phi) is 14.4. The Hall–Kier alpha value is -1.76. The highest BCUT2D eigenvalue weighted by Crippen LogP contribution is 2.44. The van der Waals surface area contributed by atoms with Crippen molar-refractivity contribution in [1.82, 2.24) is 15.3 Å². The van der Waals surface area contributed by atoms with E-state index < -0.39 is 25.7 Å². The van der Waals surface area contributed by atoms with Gasteiger partial charge in [-0.15, -0.1) is 0 Å². The first-order valence-corrected chi connectivity index (χ1v) is 13.8. The Balaban J connectivity index is 2.62. The summed E-state index contributed by atoms with van der Waals surface area (Å²) in [6.45, 7) is 6.49. The van der Waals surface area contributed by atoms with Gasteiger partial charge in [-0.3, -0.25) is 33.5 Å². The van der Waals surface area contributed by atoms with E-state index in [0.29, 0.717) is 19.3 Å². The SMILES string of the molecule is CC(C)OC(=O)CNP(=O)(OCCSC(=O)C(C)C)OCC1CCC(N(C)/C=C\C(=O)NC=O)O1. The molecule has 0 spiro atoms. The van der Waals surface area contributed by atoms with Gasteiger partial charge in [0.25, 0.3) is 5.91 Å². The van der Waals surface area contributed by atoms with Crippen LogP contribution in [-0.2, 0) is 42.3 Å². The number of ether oxygens (including phenoxy) is 2. The lowest BCUT2D eigenvalue weighted by atomic mass is 10.2. The van der Waals surface area contributed by atoms with E-state index in [2.05, 4.69) is 5.09 Å². The van der Waals surface area contributed by atoms with Crippen LogP contribution < -0.4 is 10.4 Å². The Bertz CT molecular complexity index is 794. The number of carbonyl (C=O) groups excluding carboxylic acids is 4. The molecule has 0 aromatic heterocycles. The average molecular weight is 538 g/mol. The molecule has 1 fully saturated rings. The average Bonchev–Trinajstić information content (AvgIpc) is 3.27. The van der Waals surface area contributed by atoms with E-state index in [9.17, 15) is 23.7 Å². The van der Waals surface area contributed by atoms with Crippen LogP contribution in [0, 0.1) is 5.92 Å². The minimum absolute atomic E-state index is 0.00923. The number of nitrogens with zero attached hydrogens (tertiary/aromatic N) is 1. The Morgan fingerprint density at radius 2 is 1.91 bits per heavy atom. The van der Waals surface area contributed by atoms with Gasteiger partial charge < -0.3 is 14.4 Å². The molecule has 35 heavy (non-hydrogen) atoms. The predicted molar refractivity (Wildman–Crippen MR) is 130 cm³/mol. The van der Waals surface area contributed by atoms with Crippen molar-refractivity contribution in [2.45, 2.75) is 59.0 Å². The number of hydrogen-bond acceptors (Lipinski definition) is 11. The summed E-state index contributed by atoms with van der Waals surface area (Å²) in [5, 5.41) is 4.50. The maximum Gasteiger partial charge on any atom is 0.406 e. The van der Waals surface area contributed by atoms with Gasteiger partial charge in [0, 0.05) is 31.0 Å². The third-order valence-electron chi connectivity index (χ3n) is 4.48.